The summed E-state index contributed by atoms with van der Waals surface area (Å²) in [5.41, 5.74) is 1.43. The van der Waals surface area contributed by atoms with E-state index >= 15 is 0 Å². The Morgan fingerprint density at radius 1 is 0.719 bits per heavy atom. The second-order valence-electron chi connectivity index (χ2n) is 11.9. The minimum Gasteiger partial charge on any atom is -0.490 e. The standard InChI is InChI=1S/C28H38O4/c1-2-4-25(5-3-1)29-26-8-6-21(7-9-26)22-10-12-27(13-11-22)30-28(32-31-27)23-15-19-14-20(17-23)18-24(28)16-19/h6-9,19-20,22-25H,1-5,10-18H2. The lowest BCUT2D eigenvalue weighted by Crippen LogP contribution is -2.59. The number of hydrogen-bond donors (Lipinski definition) is 0. The molecule has 8 rings (SSSR count). The van der Waals surface area contributed by atoms with E-state index in [9.17, 15) is 0 Å². The van der Waals surface area contributed by atoms with Gasteiger partial charge in [-0.15, -0.1) is 0 Å². The van der Waals surface area contributed by atoms with Crippen molar-refractivity contribution in [1.29, 1.82) is 0 Å². The SMILES string of the molecule is c1cc(C2CCC3(CC2)OOC2(O3)C3CC4CC(C3)CC2C4)ccc1OC1CCCCC1. The fourth-order valence-electron chi connectivity index (χ4n) is 8.38. The third-order valence-electron chi connectivity index (χ3n) is 9.90. The second kappa shape index (κ2) is 7.71. The molecule has 4 heteroatoms. The van der Waals surface area contributed by atoms with Crippen LogP contribution in [0, 0.1) is 23.7 Å². The molecule has 0 unspecified atom stereocenters. The van der Waals surface area contributed by atoms with Crippen LogP contribution in [-0.4, -0.2) is 17.7 Å². The highest BCUT2D eigenvalue weighted by Crippen LogP contribution is 2.64. The molecule has 0 radical (unpaired) electrons. The van der Waals surface area contributed by atoms with Crippen LogP contribution in [0.25, 0.3) is 0 Å². The highest BCUT2D eigenvalue weighted by atomic mass is 17.3. The van der Waals surface area contributed by atoms with Crippen molar-refractivity contribution in [3.63, 3.8) is 0 Å². The van der Waals surface area contributed by atoms with Crippen molar-refractivity contribution in [2.24, 2.45) is 23.7 Å². The largest absolute Gasteiger partial charge is 0.490 e. The van der Waals surface area contributed by atoms with Crippen molar-refractivity contribution >= 4 is 0 Å². The summed E-state index contributed by atoms with van der Waals surface area (Å²) in [4.78, 5) is 12.3. The van der Waals surface area contributed by atoms with Crippen molar-refractivity contribution in [1.82, 2.24) is 0 Å². The molecule has 0 N–H and O–H groups in total. The Labute approximate surface area is 192 Å². The third kappa shape index (κ3) is 3.35. The van der Waals surface area contributed by atoms with Gasteiger partial charge in [-0.2, -0.15) is 9.78 Å². The number of rotatable bonds is 3. The highest BCUT2D eigenvalue weighted by Gasteiger charge is 2.66. The zero-order valence-electron chi connectivity index (χ0n) is 19.3. The molecule has 4 bridgehead atoms. The monoisotopic (exact) mass is 438 g/mol. The van der Waals surface area contributed by atoms with E-state index in [4.69, 9.17) is 19.2 Å². The maximum absolute atomic E-state index is 6.88. The first-order valence-electron chi connectivity index (χ1n) is 13.5. The number of hydrogen-bond acceptors (Lipinski definition) is 4. The van der Waals surface area contributed by atoms with E-state index in [1.54, 1.807) is 0 Å². The Kier molecular flexibility index (Phi) is 4.89. The van der Waals surface area contributed by atoms with Crippen molar-refractivity contribution in [2.75, 3.05) is 0 Å². The predicted molar refractivity (Wildman–Crippen MR) is 121 cm³/mol. The van der Waals surface area contributed by atoms with Crippen molar-refractivity contribution in [3.8, 4) is 5.75 Å². The van der Waals surface area contributed by atoms with Gasteiger partial charge in [-0.25, -0.2) is 0 Å². The van der Waals surface area contributed by atoms with Crippen molar-refractivity contribution in [3.05, 3.63) is 29.8 Å². The van der Waals surface area contributed by atoms with E-state index in [0.29, 0.717) is 23.9 Å². The Morgan fingerprint density at radius 2 is 1.38 bits per heavy atom. The van der Waals surface area contributed by atoms with Gasteiger partial charge in [0.1, 0.15) is 5.75 Å². The van der Waals surface area contributed by atoms with Gasteiger partial charge in [0.05, 0.1) is 6.10 Å². The fraction of sp³-hybridized carbons (Fsp3) is 0.786. The van der Waals surface area contributed by atoms with Crippen LogP contribution in [0.5, 0.6) is 5.75 Å². The van der Waals surface area contributed by atoms with Crippen LogP contribution >= 0.6 is 0 Å². The minimum atomic E-state index is -0.504. The number of ether oxygens (including phenoxy) is 2. The Bertz CT molecular complexity index is 790. The summed E-state index contributed by atoms with van der Waals surface area (Å²) in [6.45, 7) is 0. The van der Waals surface area contributed by atoms with Gasteiger partial charge in [0, 0.05) is 24.7 Å². The Morgan fingerprint density at radius 3 is 2.03 bits per heavy atom. The molecule has 6 aliphatic carbocycles. The molecule has 6 saturated carbocycles. The molecule has 1 aliphatic heterocycles. The zero-order chi connectivity index (χ0) is 21.2. The highest BCUT2D eigenvalue weighted by molar-refractivity contribution is 5.30. The zero-order valence-corrected chi connectivity index (χ0v) is 19.3. The van der Waals surface area contributed by atoms with Gasteiger partial charge in [-0.1, -0.05) is 18.6 Å². The molecule has 0 amide bonds. The lowest BCUT2D eigenvalue weighted by atomic mass is 9.53. The van der Waals surface area contributed by atoms with Gasteiger partial charge < -0.3 is 9.47 Å². The molecule has 1 aromatic rings. The van der Waals surface area contributed by atoms with Crippen LogP contribution in [0.4, 0.5) is 0 Å². The van der Waals surface area contributed by atoms with Gasteiger partial charge in [0.2, 0.25) is 11.6 Å². The van der Waals surface area contributed by atoms with Gasteiger partial charge in [0.15, 0.2) is 0 Å². The molecule has 1 aromatic carbocycles. The van der Waals surface area contributed by atoms with Crippen LogP contribution < -0.4 is 4.74 Å². The van der Waals surface area contributed by atoms with Gasteiger partial charge in [0.25, 0.3) is 0 Å². The van der Waals surface area contributed by atoms with E-state index in [1.807, 2.05) is 0 Å². The summed E-state index contributed by atoms with van der Waals surface area (Å²) in [6.07, 6.45) is 17.5. The molecule has 7 fully saturated rings. The maximum atomic E-state index is 6.88. The Hall–Kier alpha value is -1.10. The summed E-state index contributed by atoms with van der Waals surface area (Å²) in [5.74, 6) is 3.59. The smallest absolute Gasteiger partial charge is 0.210 e. The van der Waals surface area contributed by atoms with E-state index < -0.39 is 11.6 Å². The van der Waals surface area contributed by atoms with Crippen LogP contribution in [-0.2, 0) is 14.5 Å². The van der Waals surface area contributed by atoms with E-state index in [0.717, 1.165) is 43.3 Å². The fourth-order valence-corrected chi connectivity index (χ4v) is 8.38. The van der Waals surface area contributed by atoms with E-state index in [-0.39, 0.29) is 0 Å². The van der Waals surface area contributed by atoms with Crippen LogP contribution in [0.3, 0.4) is 0 Å². The van der Waals surface area contributed by atoms with Gasteiger partial charge in [-0.05, 0) is 106 Å². The van der Waals surface area contributed by atoms with Crippen LogP contribution in [0.15, 0.2) is 24.3 Å². The summed E-state index contributed by atoms with van der Waals surface area (Å²) in [5, 5.41) is 0. The van der Waals surface area contributed by atoms with Crippen molar-refractivity contribution in [2.45, 2.75) is 113 Å². The lowest BCUT2D eigenvalue weighted by molar-refractivity contribution is -0.390. The molecule has 2 spiro atoms. The van der Waals surface area contributed by atoms with E-state index in [1.165, 1.54) is 69.8 Å². The van der Waals surface area contributed by atoms with Gasteiger partial charge in [-0.3, -0.25) is 0 Å². The lowest BCUT2D eigenvalue weighted by Gasteiger charge is -2.57. The molecule has 7 aliphatic rings. The first-order valence-corrected chi connectivity index (χ1v) is 13.5. The summed E-state index contributed by atoms with van der Waals surface area (Å²) >= 11 is 0. The van der Waals surface area contributed by atoms with Crippen LogP contribution in [0.2, 0.25) is 0 Å². The molecule has 1 heterocycles. The first kappa shape index (κ1) is 20.3. The molecule has 174 valence electrons. The summed E-state index contributed by atoms with van der Waals surface area (Å²) in [6, 6.07) is 8.94. The minimum absolute atomic E-state index is 0.415. The first-order chi connectivity index (χ1) is 15.7. The average Bonchev–Trinajstić information content (AvgIpc) is 3.19. The average molecular weight is 439 g/mol. The summed E-state index contributed by atoms with van der Waals surface area (Å²) in [7, 11) is 0. The van der Waals surface area contributed by atoms with Gasteiger partial charge >= 0.3 is 0 Å². The van der Waals surface area contributed by atoms with Crippen molar-refractivity contribution < 1.29 is 19.2 Å². The number of benzene rings is 1. The molecular weight excluding hydrogens is 400 g/mol. The predicted octanol–water partition coefficient (Wildman–Crippen LogP) is 6.88. The molecule has 0 aromatic heterocycles. The molecule has 4 nitrogen and oxygen atoms in total. The van der Waals surface area contributed by atoms with E-state index in [2.05, 4.69) is 24.3 Å². The molecule has 1 saturated heterocycles. The maximum Gasteiger partial charge on any atom is 0.210 e. The molecule has 32 heavy (non-hydrogen) atoms. The normalized spacial score (nSPS) is 45.7. The Balaban J connectivity index is 0.985. The van der Waals surface area contributed by atoms with Crippen LogP contribution in [0.1, 0.15) is 101 Å². The topological polar surface area (TPSA) is 36.9 Å². The quantitative estimate of drug-likeness (QED) is 0.482. The third-order valence-corrected chi connectivity index (χ3v) is 9.90. The summed E-state index contributed by atoms with van der Waals surface area (Å²) < 4.78 is 13.1. The molecule has 0 atom stereocenters. The molecular formula is C28H38O4. The second-order valence-corrected chi connectivity index (χ2v) is 11.9.